The molecule has 4 N–H and O–H groups in total. The number of nitrogens with zero attached hydrogens (tertiary/aromatic N) is 1. The summed E-state index contributed by atoms with van der Waals surface area (Å²) in [6.45, 7) is 4.38. The molecule has 1 aliphatic heterocycles. The predicted octanol–water partition coefficient (Wildman–Crippen LogP) is -0.302. The molecule has 8 nitrogen and oxygen atoms in total. The van der Waals surface area contributed by atoms with Gasteiger partial charge in [0.1, 0.15) is 6.04 Å². The second kappa shape index (κ2) is 7.68. The fourth-order valence-electron chi connectivity index (χ4n) is 2.14. The van der Waals surface area contributed by atoms with Gasteiger partial charge in [-0.3, -0.25) is 9.69 Å². The molecule has 1 saturated heterocycles. The number of carbonyl (C=O) groups is 3. The fourth-order valence-corrected chi connectivity index (χ4v) is 2.14. The van der Waals surface area contributed by atoms with Gasteiger partial charge in [-0.2, -0.15) is 0 Å². The van der Waals surface area contributed by atoms with Crippen LogP contribution in [0, 0.1) is 0 Å². The number of carboxylic acids is 2. The van der Waals surface area contributed by atoms with Crippen molar-refractivity contribution < 1.29 is 24.6 Å². The summed E-state index contributed by atoms with van der Waals surface area (Å²) in [5, 5.41) is 22.1. The second-order valence-corrected chi connectivity index (χ2v) is 4.94. The van der Waals surface area contributed by atoms with Gasteiger partial charge in [-0.15, -0.1) is 0 Å². The van der Waals surface area contributed by atoms with E-state index in [1.807, 2.05) is 6.92 Å². The third-order valence-corrected chi connectivity index (χ3v) is 3.30. The zero-order valence-electron chi connectivity index (χ0n) is 11.5. The minimum atomic E-state index is -1.42. The average Bonchev–Trinajstić information content (AvgIpc) is 2.88. The number of urea groups is 1. The highest BCUT2D eigenvalue weighted by Gasteiger charge is 2.23. The Morgan fingerprint density at radius 3 is 2.30 bits per heavy atom. The van der Waals surface area contributed by atoms with E-state index < -0.39 is 30.4 Å². The number of likely N-dealkylation sites (tertiary alicyclic amines) is 1. The van der Waals surface area contributed by atoms with E-state index in [0.717, 1.165) is 25.9 Å². The van der Waals surface area contributed by atoms with Crippen molar-refractivity contribution in [3.8, 4) is 0 Å². The zero-order chi connectivity index (χ0) is 15.1. The summed E-state index contributed by atoms with van der Waals surface area (Å²) in [6, 6.07) is -1.91. The Balaban J connectivity index is 2.33. The number of hydrogen-bond acceptors (Lipinski definition) is 4. The second-order valence-electron chi connectivity index (χ2n) is 4.94. The first kappa shape index (κ1) is 16.2. The third-order valence-electron chi connectivity index (χ3n) is 3.30. The standard InChI is InChI=1S/C12H21N3O5/c1-8(15-4-2-3-5-15)7-13-12(20)14-9(11(18)19)6-10(16)17/h8-9H,2-7H2,1H3,(H,16,17)(H,18,19)(H2,13,14,20)/t8?,9-/m1/s1. The number of hydrogen-bond donors (Lipinski definition) is 4. The van der Waals surface area contributed by atoms with Gasteiger partial charge in [0.15, 0.2) is 0 Å². The molecule has 2 amide bonds. The Morgan fingerprint density at radius 1 is 1.20 bits per heavy atom. The van der Waals surface area contributed by atoms with Crippen LogP contribution in [0.3, 0.4) is 0 Å². The number of amides is 2. The molecule has 1 heterocycles. The third kappa shape index (κ3) is 5.43. The van der Waals surface area contributed by atoms with Crippen LogP contribution in [0.5, 0.6) is 0 Å². The molecule has 0 spiro atoms. The van der Waals surface area contributed by atoms with Crippen molar-refractivity contribution in [2.45, 2.75) is 38.3 Å². The lowest BCUT2D eigenvalue weighted by molar-refractivity contribution is -0.145. The van der Waals surface area contributed by atoms with Crippen molar-refractivity contribution in [2.24, 2.45) is 0 Å². The minimum absolute atomic E-state index is 0.172. The maximum Gasteiger partial charge on any atom is 0.326 e. The molecule has 0 saturated carbocycles. The molecule has 1 fully saturated rings. The highest BCUT2D eigenvalue weighted by atomic mass is 16.4. The average molecular weight is 287 g/mol. The smallest absolute Gasteiger partial charge is 0.326 e. The molecular formula is C12H21N3O5. The number of rotatable bonds is 7. The Kier molecular flexibility index (Phi) is 6.23. The maximum absolute atomic E-state index is 11.6. The molecule has 1 unspecified atom stereocenters. The monoisotopic (exact) mass is 287 g/mol. The van der Waals surface area contributed by atoms with Crippen LogP contribution < -0.4 is 10.6 Å². The van der Waals surface area contributed by atoms with Crippen molar-refractivity contribution in [3.05, 3.63) is 0 Å². The van der Waals surface area contributed by atoms with Gasteiger partial charge in [-0.05, 0) is 32.9 Å². The lowest BCUT2D eigenvalue weighted by atomic mass is 10.2. The molecular weight excluding hydrogens is 266 g/mol. The lowest BCUT2D eigenvalue weighted by Crippen LogP contribution is -2.49. The summed E-state index contributed by atoms with van der Waals surface area (Å²) < 4.78 is 0. The van der Waals surface area contributed by atoms with Crippen LogP contribution in [0.25, 0.3) is 0 Å². The van der Waals surface area contributed by atoms with Gasteiger partial charge in [0.05, 0.1) is 6.42 Å². The van der Waals surface area contributed by atoms with Gasteiger partial charge in [-0.25, -0.2) is 9.59 Å². The van der Waals surface area contributed by atoms with E-state index in [1.165, 1.54) is 0 Å². The quantitative estimate of drug-likeness (QED) is 0.510. The van der Waals surface area contributed by atoms with Gasteiger partial charge in [-0.1, -0.05) is 0 Å². The summed E-state index contributed by atoms with van der Waals surface area (Å²) in [7, 11) is 0. The zero-order valence-corrected chi connectivity index (χ0v) is 11.5. The van der Waals surface area contributed by atoms with E-state index in [4.69, 9.17) is 10.2 Å². The molecule has 0 aromatic carbocycles. The molecule has 0 radical (unpaired) electrons. The Morgan fingerprint density at radius 2 is 1.80 bits per heavy atom. The van der Waals surface area contributed by atoms with Crippen molar-refractivity contribution >= 4 is 18.0 Å². The first-order chi connectivity index (χ1) is 9.40. The largest absolute Gasteiger partial charge is 0.481 e. The Bertz CT molecular complexity index is 368. The molecule has 0 aromatic rings. The van der Waals surface area contributed by atoms with Crippen LogP contribution in [-0.2, 0) is 9.59 Å². The summed E-state index contributed by atoms with van der Waals surface area (Å²) in [5.41, 5.74) is 0. The molecule has 0 bridgehead atoms. The molecule has 1 rings (SSSR count). The van der Waals surface area contributed by atoms with Crippen LogP contribution in [0.2, 0.25) is 0 Å². The molecule has 1 aliphatic rings. The van der Waals surface area contributed by atoms with Gasteiger partial charge in [0, 0.05) is 12.6 Å². The first-order valence-corrected chi connectivity index (χ1v) is 6.63. The first-order valence-electron chi connectivity index (χ1n) is 6.63. The van der Waals surface area contributed by atoms with Gasteiger partial charge < -0.3 is 20.8 Å². The Labute approximate surface area is 117 Å². The fraction of sp³-hybridized carbons (Fsp3) is 0.750. The lowest BCUT2D eigenvalue weighted by Gasteiger charge is -2.24. The SMILES string of the molecule is CC(CNC(=O)N[C@H](CC(=O)O)C(=O)O)N1CCCC1. The highest BCUT2D eigenvalue weighted by molar-refractivity contribution is 5.86. The van der Waals surface area contributed by atoms with Gasteiger partial charge in [0.2, 0.25) is 0 Å². The number of carboxylic acid groups (broad SMARTS) is 2. The Hall–Kier alpha value is -1.83. The molecule has 0 aliphatic carbocycles. The van der Waals surface area contributed by atoms with E-state index in [1.54, 1.807) is 0 Å². The van der Waals surface area contributed by atoms with Gasteiger partial charge in [0.25, 0.3) is 0 Å². The number of carbonyl (C=O) groups excluding carboxylic acids is 1. The predicted molar refractivity (Wildman–Crippen MR) is 70.5 cm³/mol. The van der Waals surface area contributed by atoms with Crippen molar-refractivity contribution in [2.75, 3.05) is 19.6 Å². The van der Waals surface area contributed by atoms with Gasteiger partial charge >= 0.3 is 18.0 Å². The van der Waals surface area contributed by atoms with Crippen LogP contribution in [0.15, 0.2) is 0 Å². The molecule has 0 aromatic heterocycles. The summed E-state index contributed by atoms with van der Waals surface area (Å²) >= 11 is 0. The minimum Gasteiger partial charge on any atom is -0.481 e. The number of nitrogens with one attached hydrogen (secondary N) is 2. The molecule has 8 heteroatoms. The normalized spacial score (nSPS) is 18.2. The maximum atomic E-state index is 11.6. The van der Waals surface area contributed by atoms with E-state index in [-0.39, 0.29) is 6.04 Å². The van der Waals surface area contributed by atoms with Crippen LogP contribution in [-0.4, -0.2) is 64.8 Å². The summed E-state index contributed by atoms with van der Waals surface area (Å²) in [4.78, 5) is 35.1. The van der Waals surface area contributed by atoms with E-state index in [0.29, 0.717) is 6.54 Å². The van der Waals surface area contributed by atoms with Crippen molar-refractivity contribution in [1.82, 2.24) is 15.5 Å². The van der Waals surface area contributed by atoms with Crippen LogP contribution >= 0.6 is 0 Å². The highest BCUT2D eigenvalue weighted by Crippen LogP contribution is 2.10. The molecule has 2 atom stereocenters. The topological polar surface area (TPSA) is 119 Å². The van der Waals surface area contributed by atoms with Crippen LogP contribution in [0.4, 0.5) is 4.79 Å². The van der Waals surface area contributed by atoms with Crippen molar-refractivity contribution in [3.63, 3.8) is 0 Å². The van der Waals surface area contributed by atoms with Crippen LogP contribution in [0.1, 0.15) is 26.2 Å². The number of aliphatic carboxylic acids is 2. The van der Waals surface area contributed by atoms with E-state index in [2.05, 4.69) is 15.5 Å². The van der Waals surface area contributed by atoms with E-state index in [9.17, 15) is 14.4 Å². The molecule has 114 valence electrons. The molecule has 20 heavy (non-hydrogen) atoms. The summed E-state index contributed by atoms with van der Waals surface area (Å²) in [5.74, 6) is -2.64. The van der Waals surface area contributed by atoms with E-state index >= 15 is 0 Å². The summed E-state index contributed by atoms with van der Waals surface area (Å²) in [6.07, 6.45) is 1.65. The van der Waals surface area contributed by atoms with Crippen molar-refractivity contribution in [1.29, 1.82) is 0 Å².